The van der Waals surface area contributed by atoms with E-state index in [1.54, 1.807) is 4.90 Å². The lowest BCUT2D eigenvalue weighted by atomic mass is 9.95. The first-order chi connectivity index (χ1) is 24.0. The van der Waals surface area contributed by atoms with E-state index in [4.69, 9.17) is 28.2 Å². The van der Waals surface area contributed by atoms with E-state index >= 15 is 13.2 Å². The van der Waals surface area contributed by atoms with Crippen molar-refractivity contribution in [1.82, 2.24) is 19.9 Å². The third kappa shape index (κ3) is 4.53. The molecule has 3 aliphatic heterocycles. The third-order valence-corrected chi connectivity index (χ3v) is 9.27. The van der Waals surface area contributed by atoms with Crippen molar-refractivity contribution in [2.45, 2.75) is 43.2 Å². The van der Waals surface area contributed by atoms with Gasteiger partial charge in [-0.2, -0.15) is 9.97 Å². The SMILES string of the molecule is [2H]C([2H])([2H])Oc1c(F)ccc2cc(N)cc(-c3ncc4c(N5CCOC[C@@H]6[C@H]5[C@@]6([2H])F)nc(OC([2H])([2H])[C@@]56CCCN5C[C@H](F)C6)nc4c3F)c12. The molecular formula is C32H32F4N6O3. The Bertz CT molecular complexity index is 2080. The van der Waals surface area contributed by atoms with E-state index in [1.165, 1.54) is 29.3 Å². The number of halogens is 4. The molecule has 8 rings (SSSR count). The molecular weight excluding hydrogens is 592 g/mol. The maximum Gasteiger partial charge on any atom is 0.319 e. The number of alkyl halides is 2. The van der Waals surface area contributed by atoms with E-state index in [1.807, 2.05) is 0 Å². The summed E-state index contributed by atoms with van der Waals surface area (Å²) in [4.78, 5) is 16.2. The van der Waals surface area contributed by atoms with E-state index in [9.17, 15) is 4.39 Å². The van der Waals surface area contributed by atoms with E-state index < -0.39 is 78.0 Å². The minimum atomic E-state index is -3.08. The highest BCUT2D eigenvalue weighted by atomic mass is 19.1. The molecule has 4 aliphatic rings. The Kier molecular flexibility index (Phi) is 5.28. The van der Waals surface area contributed by atoms with Gasteiger partial charge in [-0.3, -0.25) is 9.88 Å². The number of hydrogen-bond acceptors (Lipinski definition) is 9. The van der Waals surface area contributed by atoms with Crippen LogP contribution in [0.5, 0.6) is 11.8 Å². The molecule has 3 saturated heterocycles. The number of ether oxygens (including phenoxy) is 3. The van der Waals surface area contributed by atoms with Crippen molar-refractivity contribution in [3.8, 4) is 23.0 Å². The fourth-order valence-electron chi connectivity index (χ4n) is 7.15. The molecule has 0 amide bonds. The van der Waals surface area contributed by atoms with Gasteiger partial charge in [0, 0.05) is 48.3 Å². The van der Waals surface area contributed by atoms with Crippen molar-refractivity contribution >= 4 is 33.2 Å². The van der Waals surface area contributed by atoms with Gasteiger partial charge < -0.3 is 24.8 Å². The average molecular weight is 631 g/mol. The molecule has 0 unspecified atom stereocenters. The molecule has 1 saturated carbocycles. The van der Waals surface area contributed by atoms with E-state index in [0.29, 0.717) is 19.4 Å². The minimum absolute atomic E-state index is 0.0253. The minimum Gasteiger partial charge on any atom is -0.493 e. The number of pyridine rings is 1. The fourth-order valence-corrected chi connectivity index (χ4v) is 7.15. The molecule has 236 valence electrons. The Labute approximate surface area is 264 Å². The average Bonchev–Trinajstić information content (AvgIpc) is 3.22. The summed E-state index contributed by atoms with van der Waals surface area (Å²) in [5.41, 5.74) is 3.87. The zero-order valence-electron chi connectivity index (χ0n) is 29.8. The predicted octanol–water partition coefficient (Wildman–Crippen LogP) is 4.84. The van der Waals surface area contributed by atoms with Crippen molar-refractivity contribution in [2.75, 3.05) is 57.1 Å². The van der Waals surface area contributed by atoms with Crippen LogP contribution in [0.3, 0.4) is 0 Å². The zero-order chi connectivity index (χ0) is 36.2. The van der Waals surface area contributed by atoms with Crippen LogP contribution >= 0.6 is 0 Å². The van der Waals surface area contributed by atoms with Crippen molar-refractivity contribution in [3.05, 3.63) is 42.1 Å². The molecule has 2 N–H and O–H groups in total. The molecule has 4 aromatic rings. The number of anilines is 2. The van der Waals surface area contributed by atoms with Gasteiger partial charge >= 0.3 is 6.01 Å². The molecule has 1 aliphatic carbocycles. The number of nitrogen functional groups attached to an aromatic ring is 1. The Morgan fingerprint density at radius 1 is 1.24 bits per heavy atom. The molecule has 0 spiro atoms. The van der Waals surface area contributed by atoms with Crippen LogP contribution < -0.4 is 20.1 Å². The van der Waals surface area contributed by atoms with Gasteiger partial charge in [-0.15, -0.1) is 0 Å². The summed E-state index contributed by atoms with van der Waals surface area (Å²) >= 11 is 0. The highest BCUT2D eigenvalue weighted by Crippen LogP contribution is 2.46. The molecule has 9 nitrogen and oxygen atoms in total. The monoisotopic (exact) mass is 630 g/mol. The summed E-state index contributed by atoms with van der Waals surface area (Å²) in [6, 6.07) is 3.32. The number of fused-ring (bicyclic) bond motifs is 4. The number of benzene rings is 2. The Balaban J connectivity index is 1.33. The summed E-state index contributed by atoms with van der Waals surface area (Å²) in [7, 11) is -3.08. The van der Waals surface area contributed by atoms with E-state index in [2.05, 4.69) is 15.0 Å². The van der Waals surface area contributed by atoms with E-state index in [0.717, 1.165) is 6.07 Å². The normalized spacial score (nSPS) is 32.1. The molecule has 13 heteroatoms. The molecule has 2 aromatic heterocycles. The van der Waals surface area contributed by atoms with Crippen LogP contribution in [0, 0.1) is 17.6 Å². The first-order valence-corrected chi connectivity index (χ1v) is 14.7. The number of methoxy groups -OCH3 is 1. The van der Waals surface area contributed by atoms with Crippen LogP contribution in [-0.4, -0.2) is 90.2 Å². The van der Waals surface area contributed by atoms with Crippen molar-refractivity contribution < 1.29 is 40.0 Å². The summed E-state index contributed by atoms with van der Waals surface area (Å²) in [5.74, 6) is -3.80. The van der Waals surface area contributed by atoms with Crippen LogP contribution in [-0.2, 0) is 4.74 Å². The third-order valence-electron chi connectivity index (χ3n) is 9.27. The topological polar surface area (TPSA) is 98.9 Å². The second kappa shape index (κ2) is 10.5. The van der Waals surface area contributed by atoms with Gasteiger partial charge in [-0.25, -0.2) is 17.6 Å². The maximum absolute atomic E-state index is 17.0. The number of aromatic nitrogens is 3. The summed E-state index contributed by atoms with van der Waals surface area (Å²) in [6.45, 7) is -1.97. The summed E-state index contributed by atoms with van der Waals surface area (Å²) in [6.07, 6.45) is -1.77. The molecule has 5 atom stereocenters. The maximum atomic E-state index is 17.0. The number of rotatable bonds is 6. The molecule has 0 radical (unpaired) electrons. The van der Waals surface area contributed by atoms with Gasteiger partial charge in [0.15, 0.2) is 17.4 Å². The van der Waals surface area contributed by atoms with Gasteiger partial charge in [0.05, 0.1) is 45.4 Å². The van der Waals surface area contributed by atoms with Gasteiger partial charge in [-0.1, -0.05) is 6.07 Å². The summed E-state index contributed by atoms with van der Waals surface area (Å²) in [5, 5.41) is 0.0310. The second-order valence-electron chi connectivity index (χ2n) is 11.9. The largest absolute Gasteiger partial charge is 0.493 e. The Morgan fingerprint density at radius 2 is 2.13 bits per heavy atom. The number of nitrogens with two attached hydrogens (primary N) is 1. The Hall–Kier alpha value is -3.97. The summed E-state index contributed by atoms with van der Waals surface area (Å²) < 4.78 is 128. The van der Waals surface area contributed by atoms with Crippen LogP contribution in [0.2, 0.25) is 0 Å². The van der Waals surface area contributed by atoms with Crippen molar-refractivity contribution in [1.29, 1.82) is 0 Å². The lowest BCUT2D eigenvalue weighted by Crippen LogP contribution is -2.43. The first-order valence-electron chi connectivity index (χ1n) is 17.7. The molecule has 2 aromatic carbocycles. The predicted molar refractivity (Wildman–Crippen MR) is 160 cm³/mol. The quantitative estimate of drug-likeness (QED) is 0.237. The van der Waals surface area contributed by atoms with Crippen LogP contribution in [0.1, 0.15) is 27.5 Å². The van der Waals surface area contributed by atoms with E-state index in [-0.39, 0.29) is 66.0 Å². The van der Waals surface area contributed by atoms with Gasteiger partial charge in [0.25, 0.3) is 0 Å². The lowest BCUT2D eigenvalue weighted by Gasteiger charge is -2.31. The standard InChI is InChI=1S/C32H32F4N6O3/c1-43-29-22(34)4-3-16-9-18(37)10-19(23(16)29)26-25(36)27-20(12-38-26)30(42-7-8-44-14-21-24(35)28(21)42)40-31(39-27)45-15-32-5-2-6-41(32)13-17(33)11-32/h3-4,9-10,12,17,21,24,28H,2,5-8,11,13-15,37H2,1H3/t17-,21+,24+,28+,32+/m1/s1/i1D3,15D2,24D. The van der Waals surface area contributed by atoms with Crippen molar-refractivity contribution in [3.63, 3.8) is 0 Å². The number of nitrogens with zero attached hydrogens (tertiary/aromatic N) is 5. The lowest BCUT2D eigenvalue weighted by molar-refractivity contribution is 0.107. The highest BCUT2D eigenvalue weighted by Gasteiger charge is 2.56. The zero-order valence-corrected chi connectivity index (χ0v) is 23.8. The van der Waals surface area contributed by atoms with Gasteiger partial charge in [-0.05, 0) is 43.0 Å². The Morgan fingerprint density at radius 3 is 3.00 bits per heavy atom. The molecule has 0 bridgehead atoms. The number of hydrogen-bond donors (Lipinski definition) is 1. The first kappa shape index (κ1) is 22.5. The second-order valence-corrected chi connectivity index (χ2v) is 11.9. The van der Waals surface area contributed by atoms with Crippen LogP contribution in [0.25, 0.3) is 32.9 Å². The van der Waals surface area contributed by atoms with Crippen LogP contribution in [0.4, 0.5) is 29.1 Å². The highest BCUT2D eigenvalue weighted by molar-refractivity contribution is 6.04. The van der Waals surface area contributed by atoms with Gasteiger partial charge in [0.2, 0.25) is 0 Å². The molecule has 5 heterocycles. The van der Waals surface area contributed by atoms with Gasteiger partial charge in [0.1, 0.15) is 35.9 Å². The molecule has 45 heavy (non-hydrogen) atoms. The fraction of sp³-hybridized carbons (Fsp3) is 0.469. The smallest absolute Gasteiger partial charge is 0.319 e. The molecule has 4 fully saturated rings. The van der Waals surface area contributed by atoms with Crippen LogP contribution in [0.15, 0.2) is 30.5 Å². The van der Waals surface area contributed by atoms with Crippen molar-refractivity contribution in [2.24, 2.45) is 5.92 Å².